The van der Waals surface area contributed by atoms with Crippen LogP contribution >= 0.6 is 0 Å². The van der Waals surface area contributed by atoms with E-state index < -0.39 is 5.97 Å². The Morgan fingerprint density at radius 2 is 1.33 bits per heavy atom. The summed E-state index contributed by atoms with van der Waals surface area (Å²) >= 11 is 0. The van der Waals surface area contributed by atoms with Crippen LogP contribution in [0.25, 0.3) is 0 Å². The highest BCUT2D eigenvalue weighted by molar-refractivity contribution is 5.81. The number of anilines is 2. The van der Waals surface area contributed by atoms with Crippen molar-refractivity contribution in [1.82, 2.24) is 0 Å². The van der Waals surface area contributed by atoms with Crippen LogP contribution in [0.3, 0.4) is 0 Å². The molecule has 0 spiro atoms. The van der Waals surface area contributed by atoms with Gasteiger partial charge in [0.15, 0.2) is 0 Å². The van der Waals surface area contributed by atoms with E-state index >= 15 is 0 Å². The lowest BCUT2D eigenvalue weighted by atomic mass is 10.2. The molecule has 0 unspecified atom stereocenters. The second-order valence-electron chi connectivity index (χ2n) is 3.70. The Labute approximate surface area is 106 Å². The van der Waals surface area contributed by atoms with Gasteiger partial charge in [0.1, 0.15) is 0 Å². The fraction of sp³-hybridized carbons (Fsp3) is 0. The number of aliphatic carboxylic acids is 1. The topological polar surface area (TPSA) is 40.5 Å². The molecular weight excluding hydrogens is 226 g/mol. The Morgan fingerprint density at radius 1 is 0.889 bits per heavy atom. The normalized spacial score (nSPS) is 10.4. The van der Waals surface area contributed by atoms with Crippen LogP contribution in [0.2, 0.25) is 0 Å². The Balaban J connectivity index is 2.38. The third-order valence-electron chi connectivity index (χ3n) is 2.43. The quantitative estimate of drug-likeness (QED) is 0.831. The smallest absolute Gasteiger partial charge is 0.329 e. The molecule has 1 N–H and O–H groups in total. The molecule has 2 rings (SSSR count). The number of carboxylic acids is 1. The van der Waals surface area contributed by atoms with Gasteiger partial charge in [-0.25, -0.2) is 4.79 Å². The average Bonchev–Trinajstić information content (AvgIpc) is 2.41. The summed E-state index contributed by atoms with van der Waals surface area (Å²) in [5, 5.41) is 8.74. The number of hydrogen-bond acceptors (Lipinski definition) is 2. The molecule has 0 heterocycles. The number of rotatable bonds is 4. The van der Waals surface area contributed by atoms with Gasteiger partial charge in [-0.2, -0.15) is 0 Å². The van der Waals surface area contributed by atoms with Crippen molar-refractivity contribution >= 4 is 17.3 Å². The van der Waals surface area contributed by atoms with Gasteiger partial charge in [-0.15, -0.1) is 0 Å². The van der Waals surface area contributed by atoms with Crippen LogP contribution in [0, 0.1) is 0 Å². The zero-order chi connectivity index (χ0) is 12.8. The predicted molar refractivity (Wildman–Crippen MR) is 71.8 cm³/mol. The van der Waals surface area contributed by atoms with Crippen molar-refractivity contribution in [3.8, 4) is 0 Å². The van der Waals surface area contributed by atoms with Crippen LogP contribution in [-0.2, 0) is 4.79 Å². The predicted octanol–water partition coefficient (Wildman–Crippen LogP) is 3.42. The minimum absolute atomic E-state index is 0.918. The van der Waals surface area contributed by atoms with Gasteiger partial charge in [-0.05, 0) is 24.3 Å². The highest BCUT2D eigenvalue weighted by Gasteiger charge is 2.05. The maximum absolute atomic E-state index is 10.7. The average molecular weight is 239 g/mol. The van der Waals surface area contributed by atoms with Crippen molar-refractivity contribution in [3.63, 3.8) is 0 Å². The first-order chi connectivity index (χ1) is 8.77. The molecule has 0 fully saturated rings. The lowest BCUT2D eigenvalue weighted by molar-refractivity contribution is -0.131. The maximum Gasteiger partial charge on any atom is 0.329 e. The van der Waals surface area contributed by atoms with E-state index in [4.69, 9.17) is 5.11 Å². The molecule has 0 radical (unpaired) electrons. The number of para-hydroxylation sites is 2. The summed E-state index contributed by atoms with van der Waals surface area (Å²) in [6, 6.07) is 19.2. The first-order valence-corrected chi connectivity index (χ1v) is 5.58. The molecule has 18 heavy (non-hydrogen) atoms. The molecule has 90 valence electrons. The van der Waals surface area contributed by atoms with Gasteiger partial charge in [-0.3, -0.25) is 0 Å². The third kappa shape index (κ3) is 2.98. The van der Waals surface area contributed by atoms with E-state index in [0.717, 1.165) is 17.5 Å². The molecule has 0 bridgehead atoms. The van der Waals surface area contributed by atoms with E-state index in [1.165, 1.54) is 0 Å². The van der Waals surface area contributed by atoms with Crippen LogP contribution in [0.1, 0.15) is 0 Å². The van der Waals surface area contributed by atoms with Gasteiger partial charge in [-0.1, -0.05) is 36.4 Å². The molecule has 0 aliphatic heterocycles. The number of carbonyl (C=O) groups is 1. The maximum atomic E-state index is 10.7. The number of benzene rings is 2. The fourth-order valence-electron chi connectivity index (χ4n) is 1.64. The van der Waals surface area contributed by atoms with Crippen LogP contribution in [0.5, 0.6) is 0 Å². The molecule has 3 heteroatoms. The van der Waals surface area contributed by atoms with Crippen LogP contribution in [0.4, 0.5) is 11.4 Å². The van der Waals surface area contributed by atoms with Gasteiger partial charge in [0.2, 0.25) is 0 Å². The summed E-state index contributed by atoms with van der Waals surface area (Å²) in [6.45, 7) is 0. The summed E-state index contributed by atoms with van der Waals surface area (Å²) in [5.41, 5.74) is 1.84. The standard InChI is InChI=1S/C15H13NO2/c17-15(18)11-12-16(13-7-3-1-4-8-13)14-9-5-2-6-10-14/h1-12H,(H,17,18)/b12-11+. The molecule has 0 saturated heterocycles. The molecule has 0 atom stereocenters. The summed E-state index contributed by atoms with van der Waals surface area (Å²) < 4.78 is 0. The monoisotopic (exact) mass is 239 g/mol. The first-order valence-electron chi connectivity index (χ1n) is 5.58. The summed E-state index contributed by atoms with van der Waals surface area (Å²) in [5.74, 6) is -0.966. The van der Waals surface area contributed by atoms with Gasteiger partial charge in [0, 0.05) is 23.7 Å². The highest BCUT2D eigenvalue weighted by atomic mass is 16.4. The van der Waals surface area contributed by atoms with E-state index in [-0.39, 0.29) is 0 Å². The second kappa shape index (κ2) is 5.68. The highest BCUT2D eigenvalue weighted by Crippen LogP contribution is 2.24. The molecule has 3 nitrogen and oxygen atoms in total. The Morgan fingerprint density at radius 3 is 1.72 bits per heavy atom. The van der Waals surface area contributed by atoms with Crippen LogP contribution < -0.4 is 4.90 Å². The lowest BCUT2D eigenvalue weighted by Gasteiger charge is -2.20. The molecule has 0 aromatic heterocycles. The molecule has 0 amide bonds. The second-order valence-corrected chi connectivity index (χ2v) is 3.70. The van der Waals surface area contributed by atoms with Crippen molar-refractivity contribution in [1.29, 1.82) is 0 Å². The molecule has 2 aromatic rings. The van der Waals surface area contributed by atoms with Crippen molar-refractivity contribution in [2.75, 3.05) is 4.90 Å². The lowest BCUT2D eigenvalue weighted by Crippen LogP contribution is -2.09. The third-order valence-corrected chi connectivity index (χ3v) is 2.43. The van der Waals surface area contributed by atoms with Crippen molar-refractivity contribution in [2.24, 2.45) is 0 Å². The largest absolute Gasteiger partial charge is 0.478 e. The van der Waals surface area contributed by atoms with Crippen LogP contribution in [0.15, 0.2) is 72.9 Å². The molecule has 0 aliphatic carbocycles. The molecule has 2 aromatic carbocycles. The number of hydrogen-bond donors (Lipinski definition) is 1. The van der Waals surface area contributed by atoms with Gasteiger partial charge < -0.3 is 10.0 Å². The fourth-order valence-corrected chi connectivity index (χ4v) is 1.64. The summed E-state index contributed by atoms with van der Waals surface area (Å²) in [4.78, 5) is 12.5. The summed E-state index contributed by atoms with van der Waals surface area (Å²) in [6.07, 6.45) is 2.67. The van der Waals surface area contributed by atoms with Gasteiger partial charge in [0.25, 0.3) is 0 Å². The molecule has 0 aliphatic rings. The van der Waals surface area contributed by atoms with E-state index in [1.807, 2.05) is 65.6 Å². The van der Waals surface area contributed by atoms with Crippen molar-refractivity contribution < 1.29 is 9.90 Å². The molecular formula is C15H13NO2. The first kappa shape index (κ1) is 11.9. The zero-order valence-corrected chi connectivity index (χ0v) is 9.73. The SMILES string of the molecule is O=C(O)/C=C/N(c1ccccc1)c1ccccc1. The minimum atomic E-state index is -0.966. The minimum Gasteiger partial charge on any atom is -0.478 e. The van der Waals surface area contributed by atoms with Crippen molar-refractivity contribution in [2.45, 2.75) is 0 Å². The zero-order valence-electron chi connectivity index (χ0n) is 9.73. The van der Waals surface area contributed by atoms with Crippen molar-refractivity contribution in [3.05, 3.63) is 72.9 Å². The van der Waals surface area contributed by atoms with E-state index in [9.17, 15) is 4.79 Å². The Bertz CT molecular complexity index is 495. The Hall–Kier alpha value is -2.55. The number of carboxylic acid groups (broad SMARTS) is 1. The Kier molecular flexibility index (Phi) is 3.76. The van der Waals surface area contributed by atoms with E-state index in [0.29, 0.717) is 0 Å². The van der Waals surface area contributed by atoms with Crippen LogP contribution in [-0.4, -0.2) is 11.1 Å². The van der Waals surface area contributed by atoms with Gasteiger partial charge >= 0.3 is 5.97 Å². The van der Waals surface area contributed by atoms with E-state index in [1.54, 1.807) is 6.20 Å². The van der Waals surface area contributed by atoms with Gasteiger partial charge in [0.05, 0.1) is 0 Å². The van der Waals surface area contributed by atoms with E-state index in [2.05, 4.69) is 0 Å². The molecule has 0 saturated carbocycles. The summed E-state index contributed by atoms with van der Waals surface area (Å²) in [7, 11) is 0. The number of nitrogens with zero attached hydrogens (tertiary/aromatic N) is 1.